The zero-order valence-corrected chi connectivity index (χ0v) is 16.4. The lowest BCUT2D eigenvalue weighted by Gasteiger charge is -2.30. The number of phenols is 1. The number of methoxy groups -OCH3 is 1. The van der Waals surface area contributed by atoms with Gasteiger partial charge in [-0.2, -0.15) is 0 Å². The Morgan fingerprint density at radius 1 is 1.26 bits per heavy atom. The molecule has 0 aliphatic rings. The van der Waals surface area contributed by atoms with E-state index in [9.17, 15) is 19.5 Å². The molecule has 2 amide bonds. The van der Waals surface area contributed by atoms with E-state index in [1.165, 1.54) is 31.0 Å². The summed E-state index contributed by atoms with van der Waals surface area (Å²) in [5.41, 5.74) is 4.90. The Morgan fingerprint density at radius 3 is 2.52 bits per heavy atom. The number of carbonyl (C=O) groups is 3. The third-order valence-electron chi connectivity index (χ3n) is 3.84. The van der Waals surface area contributed by atoms with Gasteiger partial charge in [-0.15, -0.1) is 11.8 Å². The van der Waals surface area contributed by atoms with Gasteiger partial charge in [-0.3, -0.25) is 14.4 Å². The van der Waals surface area contributed by atoms with Gasteiger partial charge in [-0.05, 0) is 36.8 Å². The quantitative estimate of drug-likeness (QED) is 0.243. The van der Waals surface area contributed by atoms with Crippen LogP contribution in [0.1, 0.15) is 25.3 Å². The highest BCUT2D eigenvalue weighted by molar-refractivity contribution is 7.99. The second-order valence-electron chi connectivity index (χ2n) is 6.16. The van der Waals surface area contributed by atoms with Gasteiger partial charge in [0.15, 0.2) is 0 Å². The molecular weight excluding hydrogens is 370 g/mol. The molecule has 0 aliphatic carbocycles. The minimum absolute atomic E-state index is 0.108. The molecule has 0 heterocycles. The van der Waals surface area contributed by atoms with Crippen LogP contribution in [0.25, 0.3) is 0 Å². The third kappa shape index (κ3) is 8.31. The molecule has 5 N–H and O–H groups in total. The van der Waals surface area contributed by atoms with Gasteiger partial charge in [0.25, 0.3) is 0 Å². The van der Waals surface area contributed by atoms with Crippen molar-refractivity contribution in [1.29, 1.82) is 0 Å². The molecule has 0 unspecified atom stereocenters. The Hall–Kier alpha value is -2.26. The van der Waals surface area contributed by atoms with Crippen molar-refractivity contribution in [2.24, 2.45) is 5.73 Å². The van der Waals surface area contributed by atoms with Crippen LogP contribution >= 0.6 is 11.8 Å². The number of hydrogen-bond donors (Lipinski definition) is 4. The number of hydrogen-bond acceptors (Lipinski definition) is 7. The fourth-order valence-electron chi connectivity index (χ4n) is 2.41. The summed E-state index contributed by atoms with van der Waals surface area (Å²) in [7, 11) is 1.23. The van der Waals surface area contributed by atoms with Crippen molar-refractivity contribution in [2.45, 2.75) is 31.7 Å². The summed E-state index contributed by atoms with van der Waals surface area (Å²) in [6, 6.07) is 6.36. The standard InChI is InChI=1S/C18H27N3O5S/c1-18(17(25)20-11-16(24)26-2,10-13-5-7-14(22)8-6-13)21-15(23)4-3-9-27-12-19/h5-8,22H,3-4,9-12,19H2,1-2H3,(H,20,25)(H,21,23)/t18-/m0/s1. The number of esters is 1. The average molecular weight is 397 g/mol. The van der Waals surface area contributed by atoms with Crippen molar-refractivity contribution in [3.05, 3.63) is 29.8 Å². The molecule has 8 nitrogen and oxygen atoms in total. The van der Waals surface area contributed by atoms with Crippen molar-refractivity contribution < 1.29 is 24.2 Å². The van der Waals surface area contributed by atoms with Gasteiger partial charge in [0.2, 0.25) is 11.8 Å². The van der Waals surface area contributed by atoms with Gasteiger partial charge in [-0.25, -0.2) is 0 Å². The predicted molar refractivity (Wildman–Crippen MR) is 104 cm³/mol. The number of phenolic OH excluding ortho intramolecular Hbond substituents is 1. The zero-order valence-electron chi connectivity index (χ0n) is 15.6. The van der Waals surface area contributed by atoms with Crippen molar-refractivity contribution in [1.82, 2.24) is 10.6 Å². The molecule has 150 valence electrons. The first-order valence-corrected chi connectivity index (χ1v) is 9.68. The number of nitrogens with two attached hydrogens (primary N) is 1. The number of amides is 2. The summed E-state index contributed by atoms with van der Waals surface area (Å²) >= 11 is 1.54. The normalized spacial score (nSPS) is 12.7. The maximum Gasteiger partial charge on any atom is 0.325 e. The number of ether oxygens (including phenoxy) is 1. The lowest BCUT2D eigenvalue weighted by molar-refractivity contribution is -0.142. The van der Waals surface area contributed by atoms with Gasteiger partial charge in [0.1, 0.15) is 17.8 Å². The second kappa shape index (κ2) is 11.5. The van der Waals surface area contributed by atoms with Crippen molar-refractivity contribution >= 4 is 29.5 Å². The monoisotopic (exact) mass is 397 g/mol. The molecule has 9 heteroatoms. The van der Waals surface area contributed by atoms with Crippen LogP contribution in [0.2, 0.25) is 0 Å². The van der Waals surface area contributed by atoms with Gasteiger partial charge in [0, 0.05) is 18.7 Å². The van der Waals surface area contributed by atoms with Gasteiger partial charge in [0.05, 0.1) is 7.11 Å². The highest BCUT2D eigenvalue weighted by atomic mass is 32.2. The minimum atomic E-state index is -1.26. The molecule has 27 heavy (non-hydrogen) atoms. The van der Waals surface area contributed by atoms with Crippen LogP contribution < -0.4 is 16.4 Å². The summed E-state index contributed by atoms with van der Waals surface area (Å²) in [5, 5.41) is 14.7. The second-order valence-corrected chi connectivity index (χ2v) is 7.31. The molecule has 0 radical (unpaired) electrons. The summed E-state index contributed by atoms with van der Waals surface area (Å²) in [4.78, 5) is 36.3. The molecular formula is C18H27N3O5S. The first-order chi connectivity index (χ1) is 12.8. The lowest BCUT2D eigenvalue weighted by Crippen LogP contribution is -2.58. The van der Waals surface area contributed by atoms with Gasteiger partial charge in [-0.1, -0.05) is 12.1 Å². The van der Waals surface area contributed by atoms with E-state index in [0.717, 1.165) is 11.3 Å². The maximum absolute atomic E-state index is 12.7. The number of thioether (sulfide) groups is 1. The molecule has 1 aromatic rings. The molecule has 0 spiro atoms. The summed E-state index contributed by atoms with van der Waals surface area (Å²) in [5.74, 6) is 0.0220. The topological polar surface area (TPSA) is 131 Å². The number of aromatic hydroxyl groups is 1. The smallest absolute Gasteiger partial charge is 0.325 e. The van der Waals surface area contributed by atoms with E-state index in [1.807, 2.05) is 0 Å². The number of carbonyl (C=O) groups excluding carboxylic acids is 3. The Bertz CT molecular complexity index is 638. The number of nitrogens with one attached hydrogen (secondary N) is 2. The highest BCUT2D eigenvalue weighted by Gasteiger charge is 2.35. The summed E-state index contributed by atoms with van der Waals surface area (Å²) in [6.45, 7) is 1.31. The van der Waals surface area contributed by atoms with E-state index in [2.05, 4.69) is 15.4 Å². The fraction of sp³-hybridized carbons (Fsp3) is 0.500. The zero-order chi connectivity index (χ0) is 20.3. The van der Waals surface area contributed by atoms with E-state index in [1.54, 1.807) is 19.1 Å². The molecule has 0 saturated heterocycles. The highest BCUT2D eigenvalue weighted by Crippen LogP contribution is 2.17. The minimum Gasteiger partial charge on any atom is -0.508 e. The van der Waals surface area contributed by atoms with Crippen LogP contribution in [-0.4, -0.2) is 53.7 Å². The molecule has 0 aromatic heterocycles. The average Bonchev–Trinajstić information content (AvgIpc) is 2.64. The first kappa shape index (κ1) is 22.8. The predicted octanol–water partition coefficient (Wildman–Crippen LogP) is 0.528. The number of rotatable bonds is 11. The largest absolute Gasteiger partial charge is 0.508 e. The van der Waals surface area contributed by atoms with E-state index >= 15 is 0 Å². The van der Waals surface area contributed by atoms with Crippen LogP contribution in [0.4, 0.5) is 0 Å². The van der Waals surface area contributed by atoms with Gasteiger partial charge >= 0.3 is 5.97 Å². The molecule has 0 aliphatic heterocycles. The Kier molecular flexibility index (Phi) is 9.66. The SMILES string of the molecule is COC(=O)CNC(=O)[C@](C)(Cc1ccc(O)cc1)NC(=O)CCCSCN. The van der Waals surface area contributed by atoms with Crippen LogP contribution in [0.3, 0.4) is 0 Å². The van der Waals surface area contributed by atoms with Crippen LogP contribution in [0.15, 0.2) is 24.3 Å². The third-order valence-corrected chi connectivity index (χ3v) is 4.65. The van der Waals surface area contributed by atoms with Gasteiger partial charge < -0.3 is 26.2 Å². The van der Waals surface area contributed by atoms with Crippen LogP contribution in [0, 0.1) is 0 Å². The number of benzene rings is 1. The van der Waals surface area contributed by atoms with E-state index < -0.39 is 17.4 Å². The van der Waals surface area contributed by atoms with Crippen molar-refractivity contribution in [2.75, 3.05) is 25.3 Å². The van der Waals surface area contributed by atoms with Crippen molar-refractivity contribution in [3.8, 4) is 5.75 Å². The molecule has 0 saturated carbocycles. The summed E-state index contributed by atoms with van der Waals surface area (Å²) in [6.07, 6.45) is 1.11. The van der Waals surface area contributed by atoms with E-state index in [0.29, 0.717) is 12.3 Å². The lowest BCUT2D eigenvalue weighted by atomic mass is 9.91. The Balaban J connectivity index is 2.83. The Labute approximate surface area is 163 Å². The maximum atomic E-state index is 12.7. The van der Waals surface area contributed by atoms with E-state index in [-0.39, 0.29) is 31.0 Å². The molecule has 0 fully saturated rings. The molecule has 1 atom stereocenters. The fourth-order valence-corrected chi connectivity index (χ4v) is 2.93. The van der Waals surface area contributed by atoms with E-state index in [4.69, 9.17) is 5.73 Å². The Morgan fingerprint density at radius 2 is 1.93 bits per heavy atom. The molecule has 1 rings (SSSR count). The summed E-state index contributed by atoms with van der Waals surface area (Å²) < 4.78 is 4.52. The molecule has 1 aromatic carbocycles. The first-order valence-electron chi connectivity index (χ1n) is 8.52. The molecule has 0 bridgehead atoms. The van der Waals surface area contributed by atoms with Crippen LogP contribution in [0.5, 0.6) is 5.75 Å². The van der Waals surface area contributed by atoms with Crippen molar-refractivity contribution in [3.63, 3.8) is 0 Å². The van der Waals surface area contributed by atoms with Crippen LogP contribution in [-0.2, 0) is 25.5 Å².